The topological polar surface area (TPSA) is 126 Å². The van der Waals surface area contributed by atoms with Crippen LogP contribution in [-0.2, 0) is 25.8 Å². The molecule has 36 heavy (non-hydrogen) atoms. The molecule has 0 aliphatic carbocycles. The first-order chi connectivity index (χ1) is 17.3. The van der Waals surface area contributed by atoms with Gasteiger partial charge in [-0.15, -0.1) is 11.6 Å². The van der Waals surface area contributed by atoms with Crippen molar-refractivity contribution >= 4 is 35.5 Å². The van der Waals surface area contributed by atoms with E-state index in [2.05, 4.69) is 5.32 Å². The molecular formula is C25H29ClN3O7+. The number of carbonyl (C=O) groups is 4. The van der Waals surface area contributed by atoms with Gasteiger partial charge in [-0.2, -0.15) is 4.57 Å². The number of methoxy groups -OCH3 is 1. The molecule has 3 rings (SSSR count). The molecule has 1 unspecified atom stereocenters. The van der Waals surface area contributed by atoms with Gasteiger partial charge >= 0.3 is 18.0 Å². The highest BCUT2D eigenvalue weighted by molar-refractivity contribution is 6.20. The van der Waals surface area contributed by atoms with Gasteiger partial charge in [-0.25, -0.2) is 9.59 Å². The molecule has 1 fully saturated rings. The molecule has 0 bridgehead atoms. The number of nitrogens with zero attached hydrogens (tertiary/aromatic N) is 2. The minimum atomic E-state index is -1.24. The van der Waals surface area contributed by atoms with Crippen molar-refractivity contribution in [2.45, 2.75) is 44.0 Å². The van der Waals surface area contributed by atoms with Gasteiger partial charge in [0.25, 0.3) is 12.6 Å². The van der Waals surface area contributed by atoms with Crippen LogP contribution in [0.1, 0.15) is 41.1 Å². The molecule has 1 saturated heterocycles. The van der Waals surface area contributed by atoms with E-state index in [-0.39, 0.29) is 18.2 Å². The van der Waals surface area contributed by atoms with Gasteiger partial charge in [0.15, 0.2) is 12.4 Å². The van der Waals surface area contributed by atoms with Crippen molar-refractivity contribution in [1.82, 2.24) is 10.2 Å². The average Bonchev–Trinajstić information content (AvgIpc) is 2.91. The smallest absolute Gasteiger partial charge is 0.414 e. The Morgan fingerprint density at radius 2 is 1.92 bits per heavy atom. The lowest BCUT2D eigenvalue weighted by Crippen LogP contribution is -2.50. The number of hydrogen-bond donors (Lipinski definition) is 2. The molecule has 192 valence electrons. The molecule has 2 heterocycles. The van der Waals surface area contributed by atoms with Crippen LogP contribution in [0.5, 0.6) is 0 Å². The number of likely N-dealkylation sites (tertiary alicyclic amines) is 1. The lowest BCUT2D eigenvalue weighted by molar-refractivity contribution is -0.727. The third-order valence-electron chi connectivity index (χ3n) is 6.00. The quantitative estimate of drug-likeness (QED) is 0.296. The van der Waals surface area contributed by atoms with Gasteiger partial charge in [0.1, 0.15) is 17.5 Å². The second-order valence-electron chi connectivity index (χ2n) is 8.33. The van der Waals surface area contributed by atoms with E-state index >= 15 is 0 Å². The Morgan fingerprint density at radius 1 is 1.17 bits per heavy atom. The van der Waals surface area contributed by atoms with Gasteiger partial charge in [-0.3, -0.25) is 9.59 Å². The van der Waals surface area contributed by atoms with E-state index in [1.807, 2.05) is 30.3 Å². The van der Waals surface area contributed by atoms with Crippen LogP contribution in [0.2, 0.25) is 0 Å². The number of carboxylic acid groups (broad SMARTS) is 1. The zero-order chi connectivity index (χ0) is 26.1. The minimum absolute atomic E-state index is 0.176. The van der Waals surface area contributed by atoms with E-state index in [1.54, 1.807) is 17.2 Å². The van der Waals surface area contributed by atoms with Crippen LogP contribution >= 0.6 is 11.6 Å². The number of pyridine rings is 1. The fraction of sp³-hybridized carbons (Fsp3) is 0.400. The zero-order valence-electron chi connectivity index (χ0n) is 19.8. The number of carbonyl (C=O) groups excluding carboxylic acids is 3. The zero-order valence-corrected chi connectivity index (χ0v) is 20.6. The Morgan fingerprint density at radius 3 is 2.58 bits per heavy atom. The van der Waals surface area contributed by atoms with Gasteiger partial charge in [0, 0.05) is 12.6 Å². The van der Waals surface area contributed by atoms with Crippen molar-refractivity contribution in [2.24, 2.45) is 0 Å². The number of piperidine rings is 1. The molecule has 3 atom stereocenters. The predicted octanol–water partition coefficient (Wildman–Crippen LogP) is 2.30. The molecule has 0 saturated carbocycles. The maximum Gasteiger partial charge on any atom is 0.414 e. The van der Waals surface area contributed by atoms with Crippen LogP contribution in [-0.4, -0.2) is 65.6 Å². The molecule has 0 radical (unpaired) electrons. The lowest BCUT2D eigenvalue weighted by atomic mass is 9.85. The van der Waals surface area contributed by atoms with Crippen molar-refractivity contribution in [3.05, 3.63) is 66.0 Å². The Kier molecular flexibility index (Phi) is 9.63. The summed E-state index contributed by atoms with van der Waals surface area (Å²) in [6.07, 6.45) is 4.72. The highest BCUT2D eigenvalue weighted by Gasteiger charge is 2.39. The van der Waals surface area contributed by atoms with Gasteiger partial charge in [-0.05, 0) is 30.9 Å². The van der Waals surface area contributed by atoms with Gasteiger partial charge < -0.3 is 24.8 Å². The van der Waals surface area contributed by atoms with E-state index < -0.39 is 41.9 Å². The van der Waals surface area contributed by atoms with Crippen molar-refractivity contribution in [3.8, 4) is 0 Å². The number of esters is 1. The summed E-state index contributed by atoms with van der Waals surface area (Å²) < 4.78 is 12.1. The lowest BCUT2D eigenvalue weighted by Gasteiger charge is -2.38. The van der Waals surface area contributed by atoms with Crippen LogP contribution in [0, 0.1) is 0 Å². The molecule has 1 aliphatic rings. The summed E-state index contributed by atoms with van der Waals surface area (Å²) in [6.45, 7) is 0.251. The molecule has 1 aliphatic heterocycles. The molecule has 1 aromatic carbocycles. The fourth-order valence-corrected chi connectivity index (χ4v) is 4.40. The van der Waals surface area contributed by atoms with Crippen LogP contribution in [0.4, 0.5) is 4.79 Å². The first kappa shape index (κ1) is 26.9. The van der Waals surface area contributed by atoms with Crippen molar-refractivity contribution in [2.75, 3.05) is 19.5 Å². The molecule has 11 heteroatoms. The number of nitrogens with one attached hydrogen (secondary N) is 1. The number of ether oxygens (including phenoxy) is 2. The van der Waals surface area contributed by atoms with E-state index in [4.69, 9.17) is 26.2 Å². The summed E-state index contributed by atoms with van der Waals surface area (Å²) in [5, 5.41) is 11.4. The second-order valence-corrected chi connectivity index (χ2v) is 8.64. The average molecular weight is 519 g/mol. The predicted molar refractivity (Wildman–Crippen MR) is 128 cm³/mol. The summed E-state index contributed by atoms with van der Waals surface area (Å²) in [5.41, 5.74) is 0.939. The normalized spacial score (nSPS) is 16.9. The number of halogens is 1. The Balaban J connectivity index is 1.71. The largest absolute Gasteiger partial charge is 0.480 e. The molecule has 0 spiro atoms. The van der Waals surface area contributed by atoms with Crippen molar-refractivity contribution in [3.63, 3.8) is 0 Å². The van der Waals surface area contributed by atoms with Gasteiger partial charge in [0.2, 0.25) is 0 Å². The van der Waals surface area contributed by atoms with Crippen LogP contribution in [0.15, 0.2) is 54.9 Å². The van der Waals surface area contributed by atoms with Crippen LogP contribution in [0.3, 0.4) is 0 Å². The van der Waals surface area contributed by atoms with Crippen LogP contribution in [0.25, 0.3) is 0 Å². The second kappa shape index (κ2) is 12.9. The number of rotatable bonds is 9. The van der Waals surface area contributed by atoms with Crippen molar-refractivity contribution in [1.29, 1.82) is 0 Å². The fourth-order valence-electron chi connectivity index (χ4n) is 4.19. The third kappa shape index (κ3) is 6.72. The number of hydrogen-bond acceptors (Lipinski definition) is 6. The van der Waals surface area contributed by atoms with Crippen LogP contribution < -0.4 is 9.88 Å². The highest BCUT2D eigenvalue weighted by atomic mass is 35.5. The molecule has 1 aromatic heterocycles. The summed E-state index contributed by atoms with van der Waals surface area (Å²) >= 11 is 5.59. The molecule has 2 aromatic rings. The molecule has 2 amide bonds. The standard InChI is InChI=1S/C25H28ClN3O7/c1-35-24(33)21(17-8-3-2-4-9-17)20-11-5-6-13-29(20)25(34)36-16-28-12-7-10-18(15-28)22(30)27-19(14-26)23(31)32/h2-4,7-10,12,15,19-21H,5-6,11,13-14,16H2,1H3,(H-,27,30,31,32)/p+1/t19-,20?,21+/m0/s1. The number of aliphatic carboxylic acids is 1. The molecular weight excluding hydrogens is 490 g/mol. The Labute approximate surface area is 213 Å². The Bertz CT molecular complexity index is 1080. The number of benzene rings is 1. The number of alkyl halides is 1. The van der Waals surface area contributed by atoms with E-state index in [0.717, 1.165) is 18.4 Å². The maximum atomic E-state index is 13.1. The molecule has 10 nitrogen and oxygen atoms in total. The SMILES string of the molecule is COC(=O)[C@H](c1ccccc1)C1CCCCN1C(=O)OC[n+]1cccc(C(=O)N[C@@H](CCl)C(=O)O)c1. The van der Waals surface area contributed by atoms with E-state index in [1.165, 1.54) is 23.9 Å². The monoisotopic (exact) mass is 518 g/mol. The van der Waals surface area contributed by atoms with Crippen molar-refractivity contribution < 1.29 is 38.3 Å². The molecule has 2 N–H and O–H groups in total. The summed E-state index contributed by atoms with van der Waals surface area (Å²) in [6, 6.07) is 10.6. The summed E-state index contributed by atoms with van der Waals surface area (Å²) in [4.78, 5) is 50.9. The Hall–Kier alpha value is -3.66. The van der Waals surface area contributed by atoms with Gasteiger partial charge in [-0.1, -0.05) is 30.3 Å². The maximum absolute atomic E-state index is 13.1. The number of aromatic nitrogens is 1. The third-order valence-corrected chi connectivity index (χ3v) is 6.31. The minimum Gasteiger partial charge on any atom is -0.480 e. The number of amides is 2. The first-order valence-electron chi connectivity index (χ1n) is 11.5. The number of carboxylic acids is 1. The highest BCUT2D eigenvalue weighted by Crippen LogP contribution is 2.32. The first-order valence-corrected chi connectivity index (χ1v) is 12.0. The summed E-state index contributed by atoms with van der Waals surface area (Å²) in [7, 11) is 1.33. The van der Waals surface area contributed by atoms with Gasteiger partial charge in [0.05, 0.1) is 19.0 Å². The van der Waals surface area contributed by atoms with E-state index in [9.17, 15) is 19.2 Å². The summed E-state index contributed by atoms with van der Waals surface area (Å²) in [5.74, 6) is -3.21. The van der Waals surface area contributed by atoms with E-state index in [0.29, 0.717) is 13.0 Å².